The molecule has 0 amide bonds. The lowest BCUT2D eigenvalue weighted by Crippen LogP contribution is -2.27. The summed E-state index contributed by atoms with van der Waals surface area (Å²) in [5.41, 5.74) is 5.77. The van der Waals surface area contributed by atoms with Crippen molar-refractivity contribution in [3.05, 3.63) is 50.8 Å². The zero-order valence-electron chi connectivity index (χ0n) is 8.96. The van der Waals surface area contributed by atoms with E-state index in [0.717, 1.165) is 4.88 Å². The van der Waals surface area contributed by atoms with Crippen LogP contribution in [0.1, 0.15) is 15.8 Å². The smallest absolute Gasteiger partial charge is 0.322 e. The fraction of sp³-hybridized carbons (Fsp3) is 0.273. The quantitative estimate of drug-likeness (QED) is 0.872. The van der Waals surface area contributed by atoms with Gasteiger partial charge in [-0.3, -0.25) is 4.57 Å². The number of hydrogen-bond donors (Lipinski definition) is 1. The van der Waals surface area contributed by atoms with E-state index < -0.39 is 0 Å². The van der Waals surface area contributed by atoms with Crippen molar-refractivity contribution in [2.45, 2.75) is 19.5 Å². The van der Waals surface area contributed by atoms with E-state index in [9.17, 15) is 4.79 Å². The highest BCUT2D eigenvalue weighted by Crippen LogP contribution is 2.21. The Bertz CT molecular complexity index is 532. The number of thiophene rings is 1. The van der Waals surface area contributed by atoms with Gasteiger partial charge in [0.1, 0.15) is 0 Å². The van der Waals surface area contributed by atoms with Crippen LogP contribution in [0.2, 0.25) is 0 Å². The van der Waals surface area contributed by atoms with Crippen molar-refractivity contribution >= 4 is 11.3 Å². The molecule has 16 heavy (non-hydrogen) atoms. The molecule has 2 heterocycles. The van der Waals surface area contributed by atoms with Gasteiger partial charge in [-0.05, 0) is 25.1 Å². The molecule has 0 aliphatic rings. The normalized spacial score (nSPS) is 12.6. The minimum atomic E-state index is -0.258. The first-order chi connectivity index (χ1) is 7.66. The SMILES string of the molecule is Cc1ccc(C(N)Cn2cccnc2=O)s1. The highest BCUT2D eigenvalue weighted by Gasteiger charge is 2.09. The van der Waals surface area contributed by atoms with E-state index in [0.29, 0.717) is 6.54 Å². The van der Waals surface area contributed by atoms with Crippen LogP contribution in [0.3, 0.4) is 0 Å². The third-order valence-corrected chi connectivity index (χ3v) is 3.44. The summed E-state index contributed by atoms with van der Waals surface area (Å²) in [6.45, 7) is 2.50. The summed E-state index contributed by atoms with van der Waals surface area (Å²) < 4.78 is 1.53. The molecule has 0 bridgehead atoms. The predicted molar refractivity (Wildman–Crippen MR) is 64.5 cm³/mol. The third-order valence-electron chi connectivity index (χ3n) is 2.30. The molecule has 0 spiro atoms. The van der Waals surface area contributed by atoms with Gasteiger partial charge in [-0.2, -0.15) is 0 Å². The van der Waals surface area contributed by atoms with Crippen LogP contribution in [0.25, 0.3) is 0 Å². The molecule has 0 saturated carbocycles. The van der Waals surface area contributed by atoms with Gasteiger partial charge in [-0.15, -0.1) is 11.3 Å². The molecule has 0 saturated heterocycles. The van der Waals surface area contributed by atoms with Crippen LogP contribution in [0.15, 0.2) is 35.4 Å². The number of rotatable bonds is 3. The minimum Gasteiger partial charge on any atom is -0.322 e. The molecule has 0 radical (unpaired) electrons. The minimum absolute atomic E-state index is 0.152. The van der Waals surface area contributed by atoms with E-state index in [1.54, 1.807) is 23.6 Å². The van der Waals surface area contributed by atoms with Crippen LogP contribution in [-0.4, -0.2) is 9.55 Å². The Kier molecular flexibility index (Phi) is 3.17. The zero-order valence-corrected chi connectivity index (χ0v) is 9.78. The van der Waals surface area contributed by atoms with Crippen molar-refractivity contribution < 1.29 is 0 Å². The van der Waals surface area contributed by atoms with Crippen molar-refractivity contribution in [3.8, 4) is 0 Å². The molecule has 5 heteroatoms. The van der Waals surface area contributed by atoms with Crippen molar-refractivity contribution in [3.63, 3.8) is 0 Å². The molecular weight excluding hydrogens is 222 g/mol. The van der Waals surface area contributed by atoms with Crippen molar-refractivity contribution in [1.82, 2.24) is 9.55 Å². The first-order valence-corrected chi connectivity index (χ1v) is 5.82. The van der Waals surface area contributed by atoms with E-state index >= 15 is 0 Å². The Morgan fingerprint density at radius 1 is 1.56 bits per heavy atom. The number of nitrogens with zero attached hydrogens (tertiary/aromatic N) is 2. The lowest BCUT2D eigenvalue weighted by atomic mass is 10.2. The number of hydrogen-bond acceptors (Lipinski definition) is 4. The van der Waals surface area contributed by atoms with Crippen molar-refractivity contribution in [2.24, 2.45) is 5.73 Å². The molecule has 2 aromatic heterocycles. The second-order valence-electron chi connectivity index (χ2n) is 3.61. The summed E-state index contributed by atoms with van der Waals surface area (Å²) in [7, 11) is 0. The van der Waals surface area contributed by atoms with Crippen LogP contribution in [0.4, 0.5) is 0 Å². The maximum absolute atomic E-state index is 11.4. The Morgan fingerprint density at radius 3 is 3.00 bits per heavy atom. The fourth-order valence-electron chi connectivity index (χ4n) is 1.48. The highest BCUT2D eigenvalue weighted by atomic mass is 32.1. The molecule has 1 atom stereocenters. The van der Waals surface area contributed by atoms with E-state index in [1.165, 1.54) is 15.6 Å². The van der Waals surface area contributed by atoms with E-state index in [1.807, 2.05) is 19.1 Å². The number of aromatic nitrogens is 2. The molecule has 0 fully saturated rings. The summed E-state index contributed by atoms with van der Waals surface area (Å²) in [6.07, 6.45) is 3.19. The fourth-order valence-corrected chi connectivity index (χ4v) is 2.35. The molecule has 2 N–H and O–H groups in total. The first kappa shape index (κ1) is 11.0. The predicted octanol–water partition coefficient (Wildman–Crippen LogP) is 1.31. The van der Waals surface area contributed by atoms with E-state index in [2.05, 4.69) is 4.98 Å². The van der Waals surface area contributed by atoms with Gasteiger partial charge in [0.15, 0.2) is 0 Å². The summed E-state index contributed by atoms with van der Waals surface area (Å²) in [5.74, 6) is 0. The molecule has 84 valence electrons. The van der Waals surface area contributed by atoms with E-state index in [-0.39, 0.29) is 11.7 Å². The van der Waals surface area contributed by atoms with Gasteiger partial charge in [-0.1, -0.05) is 0 Å². The summed E-state index contributed by atoms with van der Waals surface area (Å²) in [5, 5.41) is 0. The Labute approximate surface area is 97.4 Å². The Morgan fingerprint density at radius 2 is 2.38 bits per heavy atom. The largest absolute Gasteiger partial charge is 0.347 e. The van der Waals surface area contributed by atoms with Gasteiger partial charge in [0.2, 0.25) is 0 Å². The van der Waals surface area contributed by atoms with Gasteiger partial charge in [0, 0.05) is 28.7 Å². The average Bonchev–Trinajstić information content (AvgIpc) is 2.68. The summed E-state index contributed by atoms with van der Waals surface area (Å²) in [6, 6.07) is 5.62. The molecular formula is C11H13N3OS. The van der Waals surface area contributed by atoms with Crippen LogP contribution in [0, 0.1) is 6.92 Å². The third kappa shape index (κ3) is 2.37. The molecule has 0 aliphatic heterocycles. The van der Waals surface area contributed by atoms with Gasteiger partial charge in [0.25, 0.3) is 0 Å². The first-order valence-electron chi connectivity index (χ1n) is 5.00. The highest BCUT2D eigenvalue weighted by molar-refractivity contribution is 7.12. The average molecular weight is 235 g/mol. The second kappa shape index (κ2) is 4.59. The van der Waals surface area contributed by atoms with Crippen molar-refractivity contribution in [2.75, 3.05) is 0 Å². The lowest BCUT2D eigenvalue weighted by molar-refractivity contribution is 0.557. The Hall–Kier alpha value is -1.46. The Balaban J connectivity index is 2.17. The van der Waals surface area contributed by atoms with Gasteiger partial charge in [-0.25, -0.2) is 9.78 Å². The van der Waals surface area contributed by atoms with Gasteiger partial charge < -0.3 is 5.73 Å². The monoisotopic (exact) mass is 235 g/mol. The van der Waals surface area contributed by atoms with Crippen LogP contribution >= 0.6 is 11.3 Å². The standard InChI is InChI=1S/C11H13N3OS/c1-8-3-4-10(16-8)9(12)7-14-6-2-5-13-11(14)15/h2-6,9H,7,12H2,1H3. The number of nitrogens with two attached hydrogens (primary N) is 1. The second-order valence-corrected chi connectivity index (χ2v) is 4.93. The lowest BCUT2D eigenvalue weighted by Gasteiger charge is -2.10. The number of aryl methyl sites for hydroxylation is 1. The molecule has 4 nitrogen and oxygen atoms in total. The molecule has 1 unspecified atom stereocenters. The molecule has 2 rings (SSSR count). The topological polar surface area (TPSA) is 60.9 Å². The molecule has 0 aromatic carbocycles. The van der Waals surface area contributed by atoms with Crippen molar-refractivity contribution in [1.29, 1.82) is 0 Å². The zero-order chi connectivity index (χ0) is 11.5. The summed E-state index contributed by atoms with van der Waals surface area (Å²) >= 11 is 1.66. The van der Waals surface area contributed by atoms with E-state index in [4.69, 9.17) is 5.73 Å². The maximum Gasteiger partial charge on any atom is 0.347 e. The van der Waals surface area contributed by atoms with Gasteiger partial charge >= 0.3 is 5.69 Å². The van der Waals surface area contributed by atoms with Crippen LogP contribution in [-0.2, 0) is 6.54 Å². The van der Waals surface area contributed by atoms with Gasteiger partial charge in [0.05, 0.1) is 6.04 Å². The maximum atomic E-state index is 11.4. The molecule has 0 aliphatic carbocycles. The molecule has 2 aromatic rings. The van der Waals surface area contributed by atoms with Crippen LogP contribution in [0.5, 0.6) is 0 Å². The summed E-state index contributed by atoms with van der Waals surface area (Å²) in [4.78, 5) is 17.4. The van der Waals surface area contributed by atoms with Crippen LogP contribution < -0.4 is 11.4 Å².